The Bertz CT molecular complexity index is 979. The maximum atomic E-state index is 12.1. The van der Waals surface area contributed by atoms with Crippen LogP contribution in [0.2, 0.25) is 0 Å². The molecule has 0 aliphatic carbocycles. The molecule has 3 aromatic rings. The SMILES string of the molecule is CCOC(=O)C(Cc1ccc(OCCN(C)c2nc3ccccc3o2)cc1)C(=O)OCC. The van der Waals surface area contributed by atoms with Crippen LogP contribution in [-0.2, 0) is 25.5 Å². The normalized spacial score (nSPS) is 10.9. The first-order chi connectivity index (χ1) is 15.5. The van der Waals surface area contributed by atoms with Crippen LogP contribution in [0.3, 0.4) is 0 Å². The van der Waals surface area contributed by atoms with Gasteiger partial charge in [0.05, 0.1) is 19.8 Å². The van der Waals surface area contributed by atoms with Gasteiger partial charge in [0.15, 0.2) is 11.5 Å². The molecule has 0 amide bonds. The predicted octanol–water partition coefficient (Wildman–Crippen LogP) is 3.63. The highest BCUT2D eigenvalue weighted by Crippen LogP contribution is 2.21. The van der Waals surface area contributed by atoms with E-state index in [9.17, 15) is 9.59 Å². The molecule has 0 aliphatic heterocycles. The molecule has 8 heteroatoms. The quantitative estimate of drug-likeness (QED) is 0.330. The molecule has 0 radical (unpaired) electrons. The van der Waals surface area contributed by atoms with Crippen molar-refractivity contribution in [3.8, 4) is 5.75 Å². The molecule has 0 fully saturated rings. The number of ether oxygens (including phenoxy) is 3. The summed E-state index contributed by atoms with van der Waals surface area (Å²) >= 11 is 0. The third kappa shape index (κ3) is 6.00. The molecule has 0 N–H and O–H groups in total. The van der Waals surface area contributed by atoms with Gasteiger partial charge in [0.25, 0.3) is 6.01 Å². The first kappa shape index (κ1) is 23.1. The minimum Gasteiger partial charge on any atom is -0.492 e. The van der Waals surface area contributed by atoms with Crippen molar-refractivity contribution in [3.63, 3.8) is 0 Å². The summed E-state index contributed by atoms with van der Waals surface area (Å²) in [5.74, 6) is -1.45. The molecule has 3 rings (SSSR count). The van der Waals surface area contributed by atoms with Gasteiger partial charge in [0.2, 0.25) is 0 Å². The van der Waals surface area contributed by atoms with Crippen LogP contribution in [0.5, 0.6) is 5.75 Å². The lowest BCUT2D eigenvalue weighted by atomic mass is 9.99. The number of likely N-dealkylation sites (N-methyl/N-ethyl adjacent to an activating group) is 1. The van der Waals surface area contributed by atoms with Crippen LogP contribution in [-0.4, -0.2) is 50.3 Å². The average Bonchev–Trinajstić information content (AvgIpc) is 3.23. The second kappa shape index (κ2) is 11.2. The molecular weight excluding hydrogens is 412 g/mol. The van der Waals surface area contributed by atoms with E-state index in [1.807, 2.05) is 60.5 Å². The molecule has 0 unspecified atom stereocenters. The standard InChI is InChI=1S/C24H28N2O6/c1-4-29-22(27)19(23(28)30-5-2)16-17-10-12-18(13-11-17)31-15-14-26(3)24-25-20-8-6-7-9-21(20)32-24/h6-13,19H,4-5,14-16H2,1-3H3. The van der Waals surface area contributed by atoms with E-state index in [0.29, 0.717) is 24.9 Å². The third-order valence-electron chi connectivity index (χ3n) is 4.81. The highest BCUT2D eigenvalue weighted by atomic mass is 16.6. The number of nitrogens with zero attached hydrogens (tertiary/aromatic N) is 2. The zero-order valence-corrected chi connectivity index (χ0v) is 18.6. The fourth-order valence-corrected chi connectivity index (χ4v) is 3.13. The molecule has 0 bridgehead atoms. The summed E-state index contributed by atoms with van der Waals surface area (Å²) in [7, 11) is 1.89. The fraction of sp³-hybridized carbons (Fsp3) is 0.375. The Kier molecular flexibility index (Phi) is 8.08. The number of hydrogen-bond donors (Lipinski definition) is 0. The molecule has 32 heavy (non-hydrogen) atoms. The predicted molar refractivity (Wildman–Crippen MR) is 120 cm³/mol. The zero-order valence-electron chi connectivity index (χ0n) is 18.6. The molecule has 1 aromatic heterocycles. The first-order valence-electron chi connectivity index (χ1n) is 10.6. The van der Waals surface area contributed by atoms with Crippen LogP contribution < -0.4 is 9.64 Å². The number of hydrogen-bond acceptors (Lipinski definition) is 8. The van der Waals surface area contributed by atoms with Crippen molar-refractivity contribution in [3.05, 3.63) is 54.1 Å². The average molecular weight is 440 g/mol. The maximum Gasteiger partial charge on any atom is 0.320 e. The number of fused-ring (bicyclic) bond motifs is 1. The van der Waals surface area contributed by atoms with Gasteiger partial charge >= 0.3 is 11.9 Å². The molecule has 8 nitrogen and oxygen atoms in total. The van der Waals surface area contributed by atoms with Gasteiger partial charge in [-0.05, 0) is 50.1 Å². The minimum absolute atomic E-state index is 0.207. The van der Waals surface area contributed by atoms with Crippen molar-refractivity contribution < 1.29 is 28.2 Å². The summed E-state index contributed by atoms with van der Waals surface area (Å²) in [6.45, 7) is 4.84. The van der Waals surface area contributed by atoms with Gasteiger partial charge in [0.1, 0.15) is 17.9 Å². The van der Waals surface area contributed by atoms with Crippen LogP contribution in [0.1, 0.15) is 19.4 Å². The van der Waals surface area contributed by atoms with E-state index in [2.05, 4.69) is 4.98 Å². The van der Waals surface area contributed by atoms with Gasteiger partial charge in [-0.2, -0.15) is 4.98 Å². The number of anilines is 1. The van der Waals surface area contributed by atoms with Crippen LogP contribution in [0.25, 0.3) is 11.1 Å². The Morgan fingerprint density at radius 1 is 1.00 bits per heavy atom. The molecule has 2 aromatic carbocycles. The van der Waals surface area contributed by atoms with E-state index in [1.54, 1.807) is 13.8 Å². The van der Waals surface area contributed by atoms with E-state index in [-0.39, 0.29) is 19.6 Å². The third-order valence-corrected chi connectivity index (χ3v) is 4.81. The Balaban J connectivity index is 1.53. The van der Waals surface area contributed by atoms with Crippen molar-refractivity contribution in [2.75, 3.05) is 38.3 Å². The van der Waals surface area contributed by atoms with E-state index in [0.717, 1.165) is 16.7 Å². The lowest BCUT2D eigenvalue weighted by Crippen LogP contribution is -2.30. The number of carbonyl (C=O) groups is 2. The van der Waals surface area contributed by atoms with Crippen LogP contribution in [0.15, 0.2) is 52.9 Å². The highest BCUT2D eigenvalue weighted by Gasteiger charge is 2.29. The number of rotatable bonds is 11. The van der Waals surface area contributed by atoms with Crippen LogP contribution in [0, 0.1) is 5.92 Å². The molecule has 0 saturated carbocycles. The molecule has 0 aliphatic rings. The van der Waals surface area contributed by atoms with Crippen molar-refractivity contribution in [1.82, 2.24) is 4.98 Å². The summed E-state index contributed by atoms with van der Waals surface area (Å²) in [6, 6.07) is 15.4. The minimum atomic E-state index is -0.980. The van der Waals surface area contributed by atoms with Gasteiger partial charge in [0, 0.05) is 7.05 Å². The molecule has 0 atom stereocenters. The Labute approximate surface area is 187 Å². The second-order valence-corrected chi connectivity index (χ2v) is 7.14. The van der Waals surface area contributed by atoms with Crippen LogP contribution in [0.4, 0.5) is 6.01 Å². The first-order valence-corrected chi connectivity index (χ1v) is 10.6. The number of para-hydroxylation sites is 2. The Hall–Kier alpha value is -3.55. The van der Waals surface area contributed by atoms with Gasteiger partial charge < -0.3 is 23.5 Å². The largest absolute Gasteiger partial charge is 0.492 e. The summed E-state index contributed by atoms with van der Waals surface area (Å²) in [4.78, 5) is 30.6. The van der Waals surface area contributed by atoms with Gasteiger partial charge in [-0.1, -0.05) is 24.3 Å². The molecular formula is C24H28N2O6. The number of aromatic nitrogens is 1. The van der Waals surface area contributed by atoms with E-state index >= 15 is 0 Å². The van der Waals surface area contributed by atoms with Crippen molar-refractivity contribution in [1.29, 1.82) is 0 Å². The number of carbonyl (C=O) groups excluding carboxylic acids is 2. The van der Waals surface area contributed by atoms with Crippen molar-refractivity contribution in [2.24, 2.45) is 5.92 Å². The summed E-state index contributed by atoms with van der Waals surface area (Å²) in [5, 5.41) is 0. The van der Waals surface area contributed by atoms with E-state index in [4.69, 9.17) is 18.6 Å². The smallest absolute Gasteiger partial charge is 0.320 e. The summed E-state index contributed by atoms with van der Waals surface area (Å²) < 4.78 is 21.6. The van der Waals surface area contributed by atoms with Crippen molar-refractivity contribution >= 4 is 29.1 Å². The maximum absolute atomic E-state index is 12.1. The van der Waals surface area contributed by atoms with Gasteiger partial charge in [-0.3, -0.25) is 9.59 Å². The van der Waals surface area contributed by atoms with Gasteiger partial charge in [-0.25, -0.2) is 0 Å². The fourth-order valence-electron chi connectivity index (χ4n) is 3.13. The number of oxazole rings is 1. The number of esters is 2. The molecule has 170 valence electrons. The lowest BCUT2D eigenvalue weighted by molar-refractivity contribution is -0.161. The topological polar surface area (TPSA) is 91.1 Å². The van der Waals surface area contributed by atoms with Crippen molar-refractivity contribution in [2.45, 2.75) is 20.3 Å². The second-order valence-electron chi connectivity index (χ2n) is 7.14. The van der Waals surface area contributed by atoms with E-state index < -0.39 is 17.9 Å². The zero-order chi connectivity index (χ0) is 22.9. The monoisotopic (exact) mass is 440 g/mol. The van der Waals surface area contributed by atoms with Crippen LogP contribution >= 0.6 is 0 Å². The molecule has 0 saturated heterocycles. The van der Waals surface area contributed by atoms with Gasteiger partial charge in [-0.15, -0.1) is 0 Å². The summed E-state index contributed by atoms with van der Waals surface area (Å²) in [5.41, 5.74) is 2.37. The number of benzene rings is 2. The van der Waals surface area contributed by atoms with E-state index in [1.165, 1.54) is 0 Å². The highest BCUT2D eigenvalue weighted by molar-refractivity contribution is 5.95. The molecule has 0 spiro atoms. The molecule has 1 heterocycles. The summed E-state index contributed by atoms with van der Waals surface area (Å²) in [6.07, 6.45) is 0.207. The Morgan fingerprint density at radius 3 is 2.28 bits per heavy atom. The Morgan fingerprint density at radius 2 is 1.66 bits per heavy atom. The lowest BCUT2D eigenvalue weighted by Gasteiger charge is -2.16.